The predicted octanol–water partition coefficient (Wildman–Crippen LogP) is 3.38. The first-order valence-corrected chi connectivity index (χ1v) is 9.26. The lowest BCUT2D eigenvalue weighted by Crippen LogP contribution is -2.42. The van der Waals surface area contributed by atoms with Crippen molar-refractivity contribution in [2.45, 2.75) is 25.9 Å². The van der Waals surface area contributed by atoms with Crippen LogP contribution in [0.2, 0.25) is 0 Å². The molecule has 1 amide bonds. The van der Waals surface area contributed by atoms with Gasteiger partial charge < -0.3 is 5.32 Å². The van der Waals surface area contributed by atoms with Gasteiger partial charge in [0, 0.05) is 17.2 Å². The van der Waals surface area contributed by atoms with Crippen molar-refractivity contribution in [3.05, 3.63) is 40.9 Å². The number of benzene rings is 1. The first kappa shape index (κ1) is 18.3. The fourth-order valence-electron chi connectivity index (χ4n) is 2.46. The number of carbonyl (C=O) groups is 1. The number of halogens is 1. The van der Waals surface area contributed by atoms with Crippen molar-refractivity contribution >= 4 is 41.4 Å². The third-order valence-corrected chi connectivity index (χ3v) is 5.97. The lowest BCUT2D eigenvalue weighted by atomic mass is 10.2. The molecule has 0 spiro atoms. The number of aromatic nitrogens is 1. The van der Waals surface area contributed by atoms with E-state index in [9.17, 15) is 4.79 Å². The van der Waals surface area contributed by atoms with Gasteiger partial charge in [0.05, 0.1) is 22.7 Å². The van der Waals surface area contributed by atoms with Gasteiger partial charge in [0.15, 0.2) is 0 Å². The zero-order valence-electron chi connectivity index (χ0n) is 13.0. The summed E-state index contributed by atoms with van der Waals surface area (Å²) in [6, 6.07) is 10.1. The van der Waals surface area contributed by atoms with Crippen molar-refractivity contribution in [3.63, 3.8) is 0 Å². The van der Waals surface area contributed by atoms with Gasteiger partial charge in [-0.1, -0.05) is 30.3 Å². The van der Waals surface area contributed by atoms with Crippen molar-refractivity contribution < 1.29 is 4.79 Å². The van der Waals surface area contributed by atoms with Crippen molar-refractivity contribution in [3.8, 4) is 10.6 Å². The number of thioether (sulfide) groups is 1. The van der Waals surface area contributed by atoms with E-state index in [4.69, 9.17) is 0 Å². The minimum Gasteiger partial charge on any atom is -0.347 e. The number of nitrogens with zero attached hydrogens (tertiary/aromatic N) is 1. The molecule has 0 saturated carbocycles. The molecule has 1 aromatic carbocycles. The van der Waals surface area contributed by atoms with Gasteiger partial charge in [-0.2, -0.15) is 0 Å². The standard InChI is InChI=1S/C16H19N3OS2.ClH/c1-10(18-15(20)13-8-21-9-17-13)14-11(2)19-16(22-14)12-6-4-3-5-7-12;/h3-7,10,13,17H,8-9H2,1-2H3,(H,18,20);1H. The summed E-state index contributed by atoms with van der Waals surface area (Å²) in [5, 5.41) is 7.30. The van der Waals surface area contributed by atoms with E-state index < -0.39 is 0 Å². The number of amides is 1. The predicted molar refractivity (Wildman–Crippen MR) is 100 cm³/mol. The molecule has 2 aromatic rings. The average Bonchev–Trinajstić information content (AvgIpc) is 3.17. The molecule has 1 aliphatic rings. The van der Waals surface area contributed by atoms with Crippen LogP contribution in [0.5, 0.6) is 0 Å². The second-order valence-corrected chi connectivity index (χ2v) is 7.40. The van der Waals surface area contributed by atoms with Gasteiger partial charge in [-0.3, -0.25) is 10.1 Å². The highest BCUT2D eigenvalue weighted by molar-refractivity contribution is 7.99. The molecule has 2 atom stereocenters. The Balaban J connectivity index is 0.00000192. The fourth-order valence-corrected chi connectivity index (χ4v) is 4.47. The molecule has 1 aromatic heterocycles. The first-order valence-electron chi connectivity index (χ1n) is 7.29. The van der Waals surface area contributed by atoms with Crippen LogP contribution in [-0.2, 0) is 4.79 Å². The molecule has 1 fully saturated rings. The van der Waals surface area contributed by atoms with Gasteiger partial charge >= 0.3 is 0 Å². The summed E-state index contributed by atoms with van der Waals surface area (Å²) < 4.78 is 0. The molecule has 7 heteroatoms. The smallest absolute Gasteiger partial charge is 0.238 e. The Hall–Kier alpha value is -1.08. The number of hydrogen-bond donors (Lipinski definition) is 2. The Bertz CT molecular complexity index is 657. The van der Waals surface area contributed by atoms with E-state index in [2.05, 4.69) is 27.8 Å². The molecule has 23 heavy (non-hydrogen) atoms. The van der Waals surface area contributed by atoms with Crippen LogP contribution in [-0.4, -0.2) is 28.6 Å². The maximum Gasteiger partial charge on any atom is 0.238 e. The summed E-state index contributed by atoms with van der Waals surface area (Å²) in [6.07, 6.45) is 0. The second kappa shape index (κ2) is 8.15. The molecule has 3 rings (SSSR count). The van der Waals surface area contributed by atoms with Gasteiger partial charge in [-0.15, -0.1) is 35.5 Å². The topological polar surface area (TPSA) is 54.0 Å². The maximum absolute atomic E-state index is 12.2. The van der Waals surface area contributed by atoms with Crippen molar-refractivity contribution in [2.24, 2.45) is 0 Å². The second-order valence-electron chi connectivity index (χ2n) is 5.34. The highest BCUT2D eigenvalue weighted by Gasteiger charge is 2.25. The van der Waals surface area contributed by atoms with E-state index in [0.29, 0.717) is 0 Å². The van der Waals surface area contributed by atoms with Crippen LogP contribution >= 0.6 is 35.5 Å². The van der Waals surface area contributed by atoms with Gasteiger partial charge in [-0.05, 0) is 13.8 Å². The van der Waals surface area contributed by atoms with Crippen LogP contribution in [0.25, 0.3) is 10.6 Å². The zero-order chi connectivity index (χ0) is 15.5. The minimum absolute atomic E-state index is 0. The average molecular weight is 370 g/mol. The molecule has 2 N–H and O–H groups in total. The Kier molecular flexibility index (Phi) is 6.47. The van der Waals surface area contributed by atoms with Crippen molar-refractivity contribution in [1.29, 1.82) is 0 Å². The SMILES string of the molecule is Cc1nc(-c2ccccc2)sc1C(C)NC(=O)C1CSCN1.Cl. The number of carbonyl (C=O) groups excluding carboxylic acids is 1. The fraction of sp³-hybridized carbons (Fsp3) is 0.375. The highest BCUT2D eigenvalue weighted by Crippen LogP contribution is 2.31. The van der Waals surface area contributed by atoms with Crippen molar-refractivity contribution in [2.75, 3.05) is 11.6 Å². The molecule has 2 unspecified atom stereocenters. The molecule has 4 nitrogen and oxygen atoms in total. The quantitative estimate of drug-likeness (QED) is 0.867. The van der Waals surface area contributed by atoms with E-state index in [-0.39, 0.29) is 30.4 Å². The van der Waals surface area contributed by atoms with Crippen LogP contribution in [0, 0.1) is 6.92 Å². The first-order chi connectivity index (χ1) is 10.6. The summed E-state index contributed by atoms with van der Waals surface area (Å²) in [7, 11) is 0. The van der Waals surface area contributed by atoms with Crippen LogP contribution in [0.15, 0.2) is 30.3 Å². The van der Waals surface area contributed by atoms with E-state index in [0.717, 1.165) is 32.8 Å². The summed E-state index contributed by atoms with van der Waals surface area (Å²) in [4.78, 5) is 18.0. The van der Waals surface area contributed by atoms with Crippen molar-refractivity contribution in [1.82, 2.24) is 15.6 Å². The summed E-state index contributed by atoms with van der Waals surface area (Å²) in [6.45, 7) is 4.03. The summed E-state index contributed by atoms with van der Waals surface area (Å²) in [5.41, 5.74) is 2.11. The third kappa shape index (κ3) is 4.26. The monoisotopic (exact) mass is 369 g/mol. The third-order valence-electron chi connectivity index (χ3n) is 3.64. The molecule has 1 aliphatic heterocycles. The molecular weight excluding hydrogens is 350 g/mol. The number of thiazole rings is 1. The summed E-state index contributed by atoms with van der Waals surface area (Å²) in [5.74, 6) is 1.77. The molecule has 1 saturated heterocycles. The lowest BCUT2D eigenvalue weighted by Gasteiger charge is -2.16. The number of hydrogen-bond acceptors (Lipinski definition) is 5. The van der Waals surface area contributed by atoms with Crippen LogP contribution in [0.1, 0.15) is 23.5 Å². The molecule has 0 bridgehead atoms. The Morgan fingerprint density at radius 3 is 2.78 bits per heavy atom. The molecular formula is C16H20ClN3OS2. The van der Waals surface area contributed by atoms with E-state index in [1.54, 1.807) is 23.1 Å². The Morgan fingerprint density at radius 1 is 1.39 bits per heavy atom. The minimum atomic E-state index is -0.0747. The van der Waals surface area contributed by atoms with Gasteiger partial charge in [0.2, 0.25) is 5.91 Å². The maximum atomic E-state index is 12.2. The molecule has 2 heterocycles. The van der Waals surface area contributed by atoms with Crippen LogP contribution in [0.4, 0.5) is 0 Å². The Labute approximate surface area is 150 Å². The highest BCUT2D eigenvalue weighted by atomic mass is 35.5. The largest absolute Gasteiger partial charge is 0.347 e. The molecule has 0 aliphatic carbocycles. The van der Waals surface area contributed by atoms with Gasteiger partial charge in [-0.25, -0.2) is 4.98 Å². The lowest BCUT2D eigenvalue weighted by molar-refractivity contribution is -0.123. The van der Waals surface area contributed by atoms with Gasteiger partial charge in [0.25, 0.3) is 0 Å². The molecule has 124 valence electrons. The van der Waals surface area contributed by atoms with Gasteiger partial charge in [0.1, 0.15) is 5.01 Å². The van der Waals surface area contributed by atoms with Crippen LogP contribution in [0.3, 0.4) is 0 Å². The van der Waals surface area contributed by atoms with E-state index in [1.165, 1.54) is 0 Å². The number of rotatable bonds is 4. The van der Waals surface area contributed by atoms with Crippen LogP contribution < -0.4 is 10.6 Å². The Morgan fingerprint density at radius 2 is 2.13 bits per heavy atom. The summed E-state index contributed by atoms with van der Waals surface area (Å²) >= 11 is 3.41. The normalized spacial score (nSPS) is 18.3. The van der Waals surface area contributed by atoms with E-state index in [1.807, 2.05) is 32.0 Å². The number of aryl methyl sites for hydroxylation is 1. The number of nitrogens with one attached hydrogen (secondary N) is 2. The van der Waals surface area contributed by atoms with E-state index >= 15 is 0 Å². The zero-order valence-corrected chi connectivity index (χ0v) is 15.5. The molecule has 0 radical (unpaired) electrons.